The van der Waals surface area contributed by atoms with Crippen molar-refractivity contribution in [2.24, 2.45) is 0 Å². The highest BCUT2D eigenvalue weighted by Crippen LogP contribution is 2.18. The first-order chi connectivity index (χ1) is 10.7. The van der Waals surface area contributed by atoms with Crippen molar-refractivity contribution in [3.05, 3.63) is 59.7 Å². The number of para-hydroxylation sites is 1. The van der Waals surface area contributed by atoms with E-state index in [2.05, 4.69) is 5.32 Å². The van der Waals surface area contributed by atoms with Gasteiger partial charge in [-0.3, -0.25) is 4.79 Å². The maximum atomic E-state index is 11.9. The van der Waals surface area contributed by atoms with Crippen LogP contribution >= 0.6 is 0 Å². The van der Waals surface area contributed by atoms with Crippen molar-refractivity contribution in [3.63, 3.8) is 0 Å². The molecule has 0 aliphatic heterocycles. The Morgan fingerprint density at radius 3 is 2.59 bits per heavy atom. The van der Waals surface area contributed by atoms with Gasteiger partial charge in [0.15, 0.2) is 0 Å². The minimum absolute atomic E-state index is 0.0128. The fourth-order valence-corrected chi connectivity index (χ4v) is 2.17. The van der Waals surface area contributed by atoms with E-state index in [0.717, 1.165) is 22.6 Å². The number of methoxy groups -OCH3 is 1. The maximum absolute atomic E-state index is 11.9. The first-order valence-electron chi connectivity index (χ1n) is 7.27. The van der Waals surface area contributed by atoms with Gasteiger partial charge in [-0.15, -0.1) is 0 Å². The van der Waals surface area contributed by atoms with E-state index in [9.17, 15) is 4.79 Å². The summed E-state index contributed by atoms with van der Waals surface area (Å²) < 4.78 is 10.7. The molecule has 0 saturated carbocycles. The van der Waals surface area contributed by atoms with Crippen molar-refractivity contribution in [2.75, 3.05) is 20.3 Å². The summed E-state index contributed by atoms with van der Waals surface area (Å²) in [7, 11) is 1.64. The first kappa shape index (κ1) is 15.9. The summed E-state index contributed by atoms with van der Waals surface area (Å²) in [5, 5.41) is 2.85. The van der Waals surface area contributed by atoms with Crippen LogP contribution in [-0.2, 0) is 11.2 Å². The van der Waals surface area contributed by atoms with Gasteiger partial charge in [0.05, 0.1) is 20.1 Å². The highest BCUT2D eigenvalue weighted by Gasteiger charge is 2.05. The van der Waals surface area contributed by atoms with E-state index in [1.54, 1.807) is 7.11 Å². The summed E-state index contributed by atoms with van der Waals surface area (Å²) >= 11 is 0. The van der Waals surface area contributed by atoms with Crippen LogP contribution in [0.1, 0.15) is 11.1 Å². The van der Waals surface area contributed by atoms with Crippen molar-refractivity contribution < 1.29 is 14.3 Å². The Morgan fingerprint density at radius 1 is 1.14 bits per heavy atom. The van der Waals surface area contributed by atoms with Crippen molar-refractivity contribution >= 4 is 5.91 Å². The lowest BCUT2D eigenvalue weighted by Crippen LogP contribution is -2.29. The zero-order valence-corrected chi connectivity index (χ0v) is 13.0. The van der Waals surface area contributed by atoms with Crippen molar-refractivity contribution in [1.29, 1.82) is 0 Å². The number of amides is 1. The van der Waals surface area contributed by atoms with Crippen LogP contribution in [0, 0.1) is 6.92 Å². The molecule has 0 aliphatic carbocycles. The van der Waals surface area contributed by atoms with Crippen LogP contribution in [0.15, 0.2) is 48.5 Å². The molecule has 2 rings (SSSR count). The molecule has 0 fully saturated rings. The Balaban J connectivity index is 1.73. The molecule has 4 nitrogen and oxygen atoms in total. The average molecular weight is 299 g/mol. The number of hydrogen-bond acceptors (Lipinski definition) is 3. The second-order valence-electron chi connectivity index (χ2n) is 4.99. The second-order valence-corrected chi connectivity index (χ2v) is 4.99. The molecule has 2 aromatic rings. The summed E-state index contributed by atoms with van der Waals surface area (Å²) in [5.41, 5.74) is 2.00. The van der Waals surface area contributed by atoms with Crippen LogP contribution < -0.4 is 14.8 Å². The standard InChI is InChI=1S/C18H21NO3/c1-14-12-15(8-9-17(14)21-2)13-18(20)19-10-11-22-16-6-4-3-5-7-16/h3-9,12H,10-11,13H2,1-2H3,(H,19,20). The van der Waals surface area contributed by atoms with Gasteiger partial charge in [-0.05, 0) is 36.2 Å². The fourth-order valence-electron chi connectivity index (χ4n) is 2.17. The third-order valence-corrected chi connectivity index (χ3v) is 3.26. The van der Waals surface area contributed by atoms with E-state index < -0.39 is 0 Å². The smallest absolute Gasteiger partial charge is 0.224 e. The molecular formula is C18H21NO3. The predicted molar refractivity (Wildman–Crippen MR) is 86.4 cm³/mol. The Bertz CT molecular complexity index is 611. The minimum atomic E-state index is -0.0128. The molecular weight excluding hydrogens is 278 g/mol. The van der Waals surface area contributed by atoms with Gasteiger partial charge in [0.1, 0.15) is 18.1 Å². The van der Waals surface area contributed by atoms with E-state index in [4.69, 9.17) is 9.47 Å². The Labute approximate surface area is 131 Å². The molecule has 4 heteroatoms. The normalized spacial score (nSPS) is 10.1. The number of hydrogen-bond donors (Lipinski definition) is 1. The van der Waals surface area contributed by atoms with Gasteiger partial charge in [-0.2, -0.15) is 0 Å². The number of aryl methyl sites for hydroxylation is 1. The summed E-state index contributed by atoms with van der Waals surface area (Å²) in [6.07, 6.45) is 0.357. The molecule has 116 valence electrons. The molecule has 22 heavy (non-hydrogen) atoms. The van der Waals surface area contributed by atoms with Gasteiger partial charge in [-0.1, -0.05) is 30.3 Å². The number of carbonyl (C=O) groups excluding carboxylic acids is 1. The van der Waals surface area contributed by atoms with Crippen LogP contribution in [0.25, 0.3) is 0 Å². The van der Waals surface area contributed by atoms with Gasteiger partial charge in [0.2, 0.25) is 5.91 Å². The van der Waals surface area contributed by atoms with Crippen LogP contribution in [0.4, 0.5) is 0 Å². The maximum Gasteiger partial charge on any atom is 0.224 e. The molecule has 0 aliphatic rings. The quantitative estimate of drug-likeness (QED) is 0.800. The van der Waals surface area contributed by atoms with Crippen molar-refractivity contribution in [1.82, 2.24) is 5.32 Å². The number of ether oxygens (including phenoxy) is 2. The monoisotopic (exact) mass is 299 g/mol. The van der Waals surface area contributed by atoms with Crippen molar-refractivity contribution in [2.45, 2.75) is 13.3 Å². The summed E-state index contributed by atoms with van der Waals surface area (Å²) in [6, 6.07) is 15.3. The molecule has 1 amide bonds. The third-order valence-electron chi connectivity index (χ3n) is 3.26. The van der Waals surface area contributed by atoms with Gasteiger partial charge in [0.25, 0.3) is 0 Å². The van der Waals surface area contributed by atoms with Gasteiger partial charge >= 0.3 is 0 Å². The lowest BCUT2D eigenvalue weighted by atomic mass is 10.1. The molecule has 0 heterocycles. The van der Waals surface area contributed by atoms with Crippen LogP contribution in [0.5, 0.6) is 11.5 Å². The largest absolute Gasteiger partial charge is 0.496 e. The molecule has 0 spiro atoms. The highest BCUT2D eigenvalue weighted by atomic mass is 16.5. The Kier molecular flexibility index (Phi) is 5.83. The molecule has 2 aromatic carbocycles. The molecule has 0 aromatic heterocycles. The van der Waals surface area contributed by atoms with Gasteiger partial charge in [0, 0.05) is 0 Å². The van der Waals surface area contributed by atoms with E-state index in [0.29, 0.717) is 19.6 Å². The summed E-state index contributed by atoms with van der Waals surface area (Å²) in [4.78, 5) is 11.9. The van der Waals surface area contributed by atoms with E-state index in [-0.39, 0.29) is 5.91 Å². The third kappa shape index (κ3) is 4.81. The molecule has 0 bridgehead atoms. The zero-order valence-electron chi connectivity index (χ0n) is 13.0. The van der Waals surface area contributed by atoms with Crippen LogP contribution in [0.2, 0.25) is 0 Å². The van der Waals surface area contributed by atoms with Crippen LogP contribution in [-0.4, -0.2) is 26.2 Å². The number of nitrogens with one attached hydrogen (secondary N) is 1. The van der Waals surface area contributed by atoms with E-state index in [1.165, 1.54) is 0 Å². The minimum Gasteiger partial charge on any atom is -0.496 e. The number of benzene rings is 2. The summed E-state index contributed by atoms with van der Waals surface area (Å²) in [6.45, 7) is 2.91. The predicted octanol–water partition coefficient (Wildman–Crippen LogP) is 2.74. The topological polar surface area (TPSA) is 47.6 Å². The SMILES string of the molecule is COc1ccc(CC(=O)NCCOc2ccccc2)cc1C. The Hall–Kier alpha value is -2.49. The molecule has 0 saturated heterocycles. The zero-order chi connectivity index (χ0) is 15.8. The Morgan fingerprint density at radius 2 is 1.91 bits per heavy atom. The molecule has 0 atom stereocenters. The van der Waals surface area contributed by atoms with Crippen molar-refractivity contribution in [3.8, 4) is 11.5 Å². The molecule has 1 N–H and O–H groups in total. The molecule has 0 unspecified atom stereocenters. The second kappa shape index (κ2) is 8.08. The number of carbonyl (C=O) groups is 1. The lowest BCUT2D eigenvalue weighted by Gasteiger charge is -2.09. The van der Waals surface area contributed by atoms with Gasteiger partial charge < -0.3 is 14.8 Å². The fraction of sp³-hybridized carbons (Fsp3) is 0.278. The number of rotatable bonds is 7. The molecule has 0 radical (unpaired) electrons. The first-order valence-corrected chi connectivity index (χ1v) is 7.27. The lowest BCUT2D eigenvalue weighted by molar-refractivity contribution is -0.120. The highest BCUT2D eigenvalue weighted by molar-refractivity contribution is 5.78. The van der Waals surface area contributed by atoms with Crippen LogP contribution in [0.3, 0.4) is 0 Å². The van der Waals surface area contributed by atoms with E-state index >= 15 is 0 Å². The average Bonchev–Trinajstić information content (AvgIpc) is 2.53. The van der Waals surface area contributed by atoms with E-state index in [1.807, 2.05) is 55.5 Å². The van der Waals surface area contributed by atoms with Gasteiger partial charge in [-0.25, -0.2) is 0 Å². The summed E-state index contributed by atoms with van der Waals surface area (Å²) in [5.74, 6) is 1.63.